The van der Waals surface area contributed by atoms with Crippen molar-refractivity contribution >= 4 is 34.8 Å². The van der Waals surface area contributed by atoms with Gasteiger partial charge in [-0.3, -0.25) is 14.3 Å². The average molecular weight is 537 g/mol. The predicted octanol–water partition coefficient (Wildman–Crippen LogP) is 5.59. The molecule has 2 aromatic heterocycles. The lowest BCUT2D eigenvalue weighted by atomic mass is 9.84. The van der Waals surface area contributed by atoms with Crippen LogP contribution in [0.15, 0.2) is 49.2 Å². The first-order valence-electron chi connectivity index (χ1n) is 11.1. The van der Waals surface area contributed by atoms with E-state index in [0.29, 0.717) is 22.0 Å². The van der Waals surface area contributed by atoms with E-state index in [0.717, 1.165) is 15.1 Å². The summed E-state index contributed by atoms with van der Waals surface area (Å²) in [5.41, 5.74) is 0.596. The SMILES string of the molecule is C=CC(=O)N1Cc2sc(Cl)cc2[C@H](c2ccccc2-c2cn(C(C)C(=O)N(C)C)nc2C(F)(F)F)C1. The van der Waals surface area contributed by atoms with Gasteiger partial charge in [-0.2, -0.15) is 18.3 Å². The normalized spacial score (nSPS) is 16.4. The second kappa shape index (κ2) is 9.74. The Balaban J connectivity index is 1.88. The number of aromatic nitrogens is 2. The molecule has 0 radical (unpaired) electrons. The van der Waals surface area contributed by atoms with Crippen LogP contribution in [0.25, 0.3) is 11.1 Å². The van der Waals surface area contributed by atoms with E-state index in [-0.39, 0.29) is 23.9 Å². The van der Waals surface area contributed by atoms with Gasteiger partial charge in [-0.05, 0) is 35.8 Å². The maximum atomic E-state index is 14.1. The molecule has 2 amide bonds. The zero-order valence-corrected chi connectivity index (χ0v) is 21.4. The first-order valence-corrected chi connectivity index (χ1v) is 12.3. The first kappa shape index (κ1) is 26.0. The zero-order valence-electron chi connectivity index (χ0n) is 19.8. The van der Waals surface area contributed by atoms with Crippen molar-refractivity contribution in [1.82, 2.24) is 19.6 Å². The molecule has 0 aliphatic carbocycles. The Morgan fingerprint density at radius 1 is 1.25 bits per heavy atom. The summed E-state index contributed by atoms with van der Waals surface area (Å²) in [6.45, 7) is 5.68. The van der Waals surface area contributed by atoms with E-state index in [2.05, 4.69) is 11.7 Å². The van der Waals surface area contributed by atoms with Gasteiger partial charge in [-0.25, -0.2) is 0 Å². The molecule has 0 N–H and O–H groups in total. The Labute approximate surface area is 215 Å². The lowest BCUT2D eigenvalue weighted by Crippen LogP contribution is -2.37. The van der Waals surface area contributed by atoms with Gasteiger partial charge < -0.3 is 9.80 Å². The zero-order chi connectivity index (χ0) is 26.4. The monoisotopic (exact) mass is 536 g/mol. The van der Waals surface area contributed by atoms with E-state index in [4.69, 9.17) is 11.6 Å². The lowest BCUT2D eigenvalue weighted by Gasteiger charge is -2.33. The molecule has 0 spiro atoms. The quantitative estimate of drug-likeness (QED) is 0.399. The molecule has 190 valence electrons. The van der Waals surface area contributed by atoms with Gasteiger partial charge in [-0.15, -0.1) is 11.3 Å². The van der Waals surface area contributed by atoms with E-state index in [1.165, 1.54) is 49.5 Å². The summed E-state index contributed by atoms with van der Waals surface area (Å²) in [5, 5.41) is 3.80. The summed E-state index contributed by atoms with van der Waals surface area (Å²) < 4.78 is 44.0. The minimum absolute atomic E-state index is 0.133. The van der Waals surface area contributed by atoms with Crippen LogP contribution in [0, 0.1) is 0 Å². The molecule has 3 aromatic rings. The molecule has 0 saturated heterocycles. The molecule has 1 aliphatic rings. The number of halogens is 4. The maximum Gasteiger partial charge on any atom is 0.435 e. The highest BCUT2D eigenvalue weighted by atomic mass is 35.5. The number of amides is 2. The van der Waals surface area contributed by atoms with E-state index in [9.17, 15) is 22.8 Å². The third-order valence-electron chi connectivity index (χ3n) is 6.23. The average Bonchev–Trinajstić information content (AvgIpc) is 3.45. The van der Waals surface area contributed by atoms with E-state index >= 15 is 0 Å². The molecule has 0 fully saturated rings. The number of thiophene rings is 1. The van der Waals surface area contributed by atoms with Gasteiger partial charge in [0.15, 0.2) is 5.69 Å². The van der Waals surface area contributed by atoms with Gasteiger partial charge in [0.25, 0.3) is 0 Å². The number of nitrogens with zero attached hydrogens (tertiary/aromatic N) is 4. The van der Waals surface area contributed by atoms with Crippen molar-refractivity contribution in [2.75, 3.05) is 20.6 Å². The number of hydrogen-bond donors (Lipinski definition) is 0. The number of alkyl halides is 3. The van der Waals surface area contributed by atoms with Crippen molar-refractivity contribution < 1.29 is 22.8 Å². The van der Waals surface area contributed by atoms with Gasteiger partial charge in [0.05, 0.1) is 10.9 Å². The Kier molecular flexibility index (Phi) is 7.03. The van der Waals surface area contributed by atoms with Gasteiger partial charge in [-0.1, -0.05) is 42.4 Å². The van der Waals surface area contributed by atoms with Gasteiger partial charge >= 0.3 is 6.18 Å². The first-order chi connectivity index (χ1) is 16.9. The molecular formula is C25H24ClF3N4O2S. The molecule has 1 aliphatic heterocycles. The number of fused-ring (bicyclic) bond motifs is 1. The highest BCUT2D eigenvalue weighted by Gasteiger charge is 2.40. The highest BCUT2D eigenvalue weighted by Crippen LogP contribution is 2.45. The minimum atomic E-state index is -4.75. The summed E-state index contributed by atoms with van der Waals surface area (Å²) in [6, 6.07) is 7.64. The lowest BCUT2D eigenvalue weighted by molar-refractivity contribution is -0.142. The summed E-state index contributed by atoms with van der Waals surface area (Å²) in [4.78, 5) is 28.7. The van der Waals surface area contributed by atoms with Gasteiger partial charge in [0, 0.05) is 43.2 Å². The molecule has 2 atom stereocenters. The molecule has 4 rings (SSSR count). The molecular weight excluding hydrogens is 513 g/mol. The minimum Gasteiger partial charge on any atom is -0.347 e. The Bertz CT molecular complexity index is 1330. The fourth-order valence-electron chi connectivity index (χ4n) is 4.48. The largest absolute Gasteiger partial charge is 0.435 e. The second-order valence-corrected chi connectivity index (χ2v) is 10.5. The second-order valence-electron chi connectivity index (χ2n) is 8.77. The molecule has 1 unspecified atom stereocenters. The molecule has 11 heteroatoms. The molecule has 3 heterocycles. The molecule has 6 nitrogen and oxygen atoms in total. The molecule has 1 aromatic carbocycles. The maximum absolute atomic E-state index is 14.1. The fraction of sp³-hybridized carbons (Fsp3) is 0.320. The van der Waals surface area contributed by atoms with Crippen LogP contribution in [0.5, 0.6) is 0 Å². The number of carbonyl (C=O) groups excluding carboxylic acids is 2. The Morgan fingerprint density at radius 3 is 2.58 bits per heavy atom. The van der Waals surface area contributed by atoms with Crippen LogP contribution >= 0.6 is 22.9 Å². The molecule has 36 heavy (non-hydrogen) atoms. The van der Waals surface area contributed by atoms with Gasteiger partial charge in [0.2, 0.25) is 11.8 Å². The standard InChI is InChI=1S/C25H24ClF3N4O2S/c1-5-22(34)32-11-18(17-10-21(26)36-20(17)13-32)15-8-6-7-9-16(15)19-12-33(14(2)24(35)31(3)4)30-23(19)25(27,28)29/h5-10,12,14,18H,1,11,13H2,2-4H3/t14?,18-/m0/s1. The summed E-state index contributed by atoms with van der Waals surface area (Å²) in [6.07, 6.45) is -2.26. The van der Waals surface area contributed by atoms with Gasteiger partial charge in [0.1, 0.15) is 6.04 Å². The Morgan fingerprint density at radius 2 is 1.94 bits per heavy atom. The summed E-state index contributed by atoms with van der Waals surface area (Å²) >= 11 is 7.64. The third kappa shape index (κ3) is 4.79. The van der Waals surface area contributed by atoms with Crippen molar-refractivity contribution in [2.24, 2.45) is 0 Å². The van der Waals surface area contributed by atoms with Crippen LogP contribution < -0.4 is 0 Å². The van der Waals surface area contributed by atoms with Crippen LogP contribution in [0.4, 0.5) is 13.2 Å². The van der Waals surface area contributed by atoms with Crippen LogP contribution in [0.3, 0.4) is 0 Å². The smallest absolute Gasteiger partial charge is 0.347 e. The number of carbonyl (C=O) groups is 2. The van der Waals surface area contributed by atoms with Crippen molar-refractivity contribution in [3.05, 3.63) is 75.2 Å². The van der Waals surface area contributed by atoms with Crippen molar-refractivity contribution in [3.63, 3.8) is 0 Å². The van der Waals surface area contributed by atoms with Crippen molar-refractivity contribution in [1.29, 1.82) is 0 Å². The number of likely N-dealkylation sites (N-methyl/N-ethyl adjacent to an activating group) is 1. The number of benzene rings is 1. The highest BCUT2D eigenvalue weighted by molar-refractivity contribution is 7.16. The molecule has 0 bridgehead atoms. The van der Waals surface area contributed by atoms with Crippen LogP contribution in [0.1, 0.15) is 40.6 Å². The fourth-order valence-corrected chi connectivity index (χ4v) is 5.83. The van der Waals surface area contributed by atoms with Crippen molar-refractivity contribution in [2.45, 2.75) is 31.6 Å². The predicted molar refractivity (Wildman–Crippen MR) is 133 cm³/mol. The summed E-state index contributed by atoms with van der Waals surface area (Å²) in [7, 11) is 3.07. The van der Waals surface area contributed by atoms with E-state index in [1.54, 1.807) is 29.2 Å². The van der Waals surface area contributed by atoms with E-state index < -0.39 is 23.8 Å². The third-order valence-corrected chi connectivity index (χ3v) is 7.50. The number of rotatable bonds is 5. The summed E-state index contributed by atoms with van der Waals surface area (Å²) in [5.74, 6) is -1.06. The number of hydrogen-bond acceptors (Lipinski definition) is 4. The Hall–Kier alpha value is -3.11. The van der Waals surface area contributed by atoms with Crippen molar-refractivity contribution in [3.8, 4) is 11.1 Å². The topological polar surface area (TPSA) is 58.4 Å². The van der Waals surface area contributed by atoms with Crippen LogP contribution in [-0.4, -0.2) is 52.0 Å². The molecule has 0 saturated carbocycles. The van der Waals surface area contributed by atoms with Crippen LogP contribution in [0.2, 0.25) is 4.34 Å². The van der Waals surface area contributed by atoms with E-state index in [1.807, 2.05) is 6.07 Å². The van der Waals surface area contributed by atoms with Crippen LogP contribution in [-0.2, 0) is 22.3 Å².